The largest absolute Gasteiger partial charge is 0.384 e. The highest BCUT2D eigenvalue weighted by atomic mass is 16.5. The molecule has 0 spiro atoms. The van der Waals surface area contributed by atoms with Crippen molar-refractivity contribution in [3.63, 3.8) is 0 Å². The number of ether oxygens (including phenoxy) is 1. The Balaban J connectivity index is 1.27. The van der Waals surface area contributed by atoms with Crippen molar-refractivity contribution in [2.24, 2.45) is 0 Å². The monoisotopic (exact) mass is 489 g/mol. The molecule has 2 aliphatic heterocycles. The van der Waals surface area contributed by atoms with Crippen LogP contribution < -0.4 is 26.8 Å². The van der Waals surface area contributed by atoms with Crippen LogP contribution in [0.15, 0.2) is 47.4 Å². The number of pyridine rings is 1. The van der Waals surface area contributed by atoms with Crippen LogP contribution in [0.25, 0.3) is 0 Å². The molecule has 4 heterocycles. The summed E-state index contributed by atoms with van der Waals surface area (Å²) in [5.74, 6) is 0.868. The van der Waals surface area contributed by atoms with Crippen LogP contribution in [-0.4, -0.2) is 46.7 Å². The molecule has 2 aliphatic rings. The van der Waals surface area contributed by atoms with Gasteiger partial charge in [0.2, 0.25) is 5.91 Å². The number of aryl methyl sites for hydroxylation is 2. The second-order valence-corrected chi connectivity index (χ2v) is 9.14. The number of carbonyl (C=O) groups is 1. The molecule has 0 radical (unpaired) electrons. The van der Waals surface area contributed by atoms with Crippen LogP contribution in [0.5, 0.6) is 0 Å². The minimum absolute atomic E-state index is 0.204. The summed E-state index contributed by atoms with van der Waals surface area (Å²) in [5, 5.41) is 6.17. The van der Waals surface area contributed by atoms with Gasteiger partial charge in [-0.2, -0.15) is 0 Å². The van der Waals surface area contributed by atoms with E-state index in [1.165, 1.54) is 4.57 Å². The molecule has 10 heteroatoms. The quantitative estimate of drug-likeness (QED) is 0.458. The molecule has 3 aromatic rings. The van der Waals surface area contributed by atoms with E-state index in [-0.39, 0.29) is 11.5 Å². The van der Waals surface area contributed by atoms with Crippen LogP contribution in [0.1, 0.15) is 35.1 Å². The van der Waals surface area contributed by atoms with Gasteiger partial charge in [-0.25, -0.2) is 9.97 Å². The number of nitrogens with one attached hydrogen (secondary N) is 2. The molecule has 0 bridgehead atoms. The number of anilines is 3. The lowest BCUT2D eigenvalue weighted by Crippen LogP contribution is -2.36. The smallest absolute Gasteiger partial charge is 0.277 e. The molecular weight excluding hydrogens is 458 g/mol. The van der Waals surface area contributed by atoms with Crippen molar-refractivity contribution >= 4 is 23.1 Å². The van der Waals surface area contributed by atoms with Crippen molar-refractivity contribution in [3.8, 4) is 0 Å². The van der Waals surface area contributed by atoms with Gasteiger partial charge < -0.3 is 26.0 Å². The van der Waals surface area contributed by atoms with Crippen molar-refractivity contribution < 1.29 is 9.53 Å². The summed E-state index contributed by atoms with van der Waals surface area (Å²) in [6.07, 6.45) is 2.69. The number of hydrogen-bond acceptors (Lipinski definition) is 8. The number of aromatic nitrogens is 3. The second kappa shape index (κ2) is 10.4. The zero-order chi connectivity index (χ0) is 25.1. The standard InChI is InChI=1S/C26H31N7O3/c1-17-19(5-7-23(27)31-17)15-30-25(34)22-6-8-24-29-16-21(26(35)33(22)24)28-14-18-3-2-4-20(13-18)32-9-11-36-12-10-32/h2-5,7,13,16,22,28H,6,8-12,14-15H2,1H3,(H2,27,31)(H,30,34)/t22-/m0/s1. The molecule has 1 atom stereocenters. The highest BCUT2D eigenvalue weighted by Gasteiger charge is 2.31. The van der Waals surface area contributed by atoms with Crippen LogP contribution in [-0.2, 0) is 29.0 Å². The Morgan fingerprint density at radius 1 is 1.19 bits per heavy atom. The minimum atomic E-state index is -0.589. The third-order valence-corrected chi connectivity index (χ3v) is 6.77. The first-order valence-corrected chi connectivity index (χ1v) is 12.3. The molecule has 1 saturated heterocycles. The van der Waals surface area contributed by atoms with Crippen LogP contribution >= 0.6 is 0 Å². The zero-order valence-electron chi connectivity index (χ0n) is 20.4. The maximum absolute atomic E-state index is 13.3. The van der Waals surface area contributed by atoms with Gasteiger partial charge in [0, 0.05) is 44.0 Å². The third-order valence-electron chi connectivity index (χ3n) is 6.77. The van der Waals surface area contributed by atoms with Crippen molar-refractivity contribution in [2.45, 2.75) is 38.9 Å². The first-order chi connectivity index (χ1) is 17.5. The predicted molar refractivity (Wildman–Crippen MR) is 138 cm³/mol. The first-order valence-electron chi connectivity index (χ1n) is 12.3. The van der Waals surface area contributed by atoms with Crippen LogP contribution in [0.2, 0.25) is 0 Å². The molecule has 36 heavy (non-hydrogen) atoms. The van der Waals surface area contributed by atoms with Crippen molar-refractivity contribution in [1.82, 2.24) is 19.9 Å². The molecule has 1 fully saturated rings. The molecule has 0 aliphatic carbocycles. The van der Waals surface area contributed by atoms with Crippen molar-refractivity contribution in [1.29, 1.82) is 0 Å². The number of nitrogens with two attached hydrogens (primary N) is 1. The molecule has 5 rings (SSSR count). The lowest BCUT2D eigenvalue weighted by molar-refractivity contribution is -0.124. The number of morpholine rings is 1. The summed E-state index contributed by atoms with van der Waals surface area (Å²) in [6, 6.07) is 11.2. The fraction of sp³-hybridized carbons (Fsp3) is 0.385. The van der Waals surface area contributed by atoms with Gasteiger partial charge in [0.25, 0.3) is 5.56 Å². The predicted octanol–water partition coefficient (Wildman–Crippen LogP) is 1.78. The number of nitrogen functional groups attached to an aromatic ring is 1. The maximum Gasteiger partial charge on any atom is 0.277 e. The Labute approximate surface area is 209 Å². The van der Waals surface area contributed by atoms with Gasteiger partial charge in [0.15, 0.2) is 0 Å². The minimum Gasteiger partial charge on any atom is -0.384 e. The maximum atomic E-state index is 13.3. The number of amides is 1. The molecule has 10 nitrogen and oxygen atoms in total. The van der Waals surface area contributed by atoms with Crippen molar-refractivity contribution in [2.75, 3.05) is 42.3 Å². The average Bonchev–Trinajstić information content (AvgIpc) is 3.34. The fourth-order valence-corrected chi connectivity index (χ4v) is 4.75. The van der Waals surface area contributed by atoms with Gasteiger partial charge in [0.1, 0.15) is 23.4 Å². The van der Waals surface area contributed by atoms with Crippen LogP contribution in [0, 0.1) is 6.92 Å². The number of benzene rings is 1. The van der Waals surface area contributed by atoms with Gasteiger partial charge in [-0.1, -0.05) is 18.2 Å². The molecule has 1 aromatic carbocycles. The Morgan fingerprint density at radius 3 is 2.83 bits per heavy atom. The van der Waals surface area contributed by atoms with Crippen molar-refractivity contribution in [3.05, 3.63) is 75.6 Å². The number of nitrogens with zero attached hydrogens (tertiary/aromatic N) is 4. The average molecular weight is 490 g/mol. The van der Waals surface area contributed by atoms with E-state index in [2.05, 4.69) is 37.6 Å². The molecule has 4 N–H and O–H groups in total. The Kier molecular flexibility index (Phi) is 6.86. The summed E-state index contributed by atoms with van der Waals surface area (Å²) in [4.78, 5) is 37.3. The number of carbonyl (C=O) groups excluding carboxylic acids is 1. The van der Waals surface area contributed by atoms with Crippen LogP contribution in [0.3, 0.4) is 0 Å². The third kappa shape index (κ3) is 5.03. The van der Waals surface area contributed by atoms with E-state index in [1.807, 2.05) is 25.1 Å². The summed E-state index contributed by atoms with van der Waals surface area (Å²) >= 11 is 0. The zero-order valence-corrected chi connectivity index (χ0v) is 20.4. The lowest BCUT2D eigenvalue weighted by Gasteiger charge is -2.29. The Hall–Kier alpha value is -3.92. The Bertz CT molecular complexity index is 1320. The SMILES string of the molecule is Cc1nc(N)ccc1CNC(=O)[C@@H]1CCc2ncc(NCc3cccc(N4CCOCC4)c3)c(=O)n21. The van der Waals surface area contributed by atoms with E-state index in [0.717, 1.165) is 48.8 Å². The van der Waals surface area contributed by atoms with E-state index in [4.69, 9.17) is 10.5 Å². The van der Waals surface area contributed by atoms with E-state index in [0.29, 0.717) is 43.3 Å². The van der Waals surface area contributed by atoms with Gasteiger partial charge in [-0.3, -0.25) is 14.2 Å². The summed E-state index contributed by atoms with van der Waals surface area (Å²) in [6.45, 7) is 5.84. The summed E-state index contributed by atoms with van der Waals surface area (Å²) in [7, 11) is 0. The molecule has 2 aromatic heterocycles. The first kappa shape index (κ1) is 23.8. The normalized spacial score (nSPS) is 17.0. The highest BCUT2D eigenvalue weighted by Crippen LogP contribution is 2.24. The summed E-state index contributed by atoms with van der Waals surface area (Å²) in [5.41, 5.74) is 9.73. The number of fused-ring (bicyclic) bond motifs is 1. The number of hydrogen-bond donors (Lipinski definition) is 3. The van der Waals surface area contributed by atoms with E-state index < -0.39 is 6.04 Å². The van der Waals surface area contributed by atoms with E-state index in [9.17, 15) is 9.59 Å². The molecule has 0 saturated carbocycles. The van der Waals surface area contributed by atoms with Gasteiger partial charge in [0.05, 0.1) is 19.4 Å². The number of rotatable bonds is 7. The van der Waals surface area contributed by atoms with E-state index >= 15 is 0 Å². The Morgan fingerprint density at radius 2 is 2.03 bits per heavy atom. The van der Waals surface area contributed by atoms with Gasteiger partial charge >= 0.3 is 0 Å². The topological polar surface area (TPSA) is 127 Å². The molecule has 188 valence electrons. The summed E-state index contributed by atoms with van der Waals surface area (Å²) < 4.78 is 6.97. The molecule has 0 unspecified atom stereocenters. The van der Waals surface area contributed by atoms with E-state index in [1.54, 1.807) is 12.3 Å². The fourth-order valence-electron chi connectivity index (χ4n) is 4.75. The molecular formula is C26H31N7O3. The lowest BCUT2D eigenvalue weighted by atomic mass is 10.1. The second-order valence-electron chi connectivity index (χ2n) is 9.14. The van der Waals surface area contributed by atoms with Gasteiger partial charge in [-0.15, -0.1) is 0 Å². The highest BCUT2D eigenvalue weighted by molar-refractivity contribution is 5.81. The van der Waals surface area contributed by atoms with Crippen LogP contribution in [0.4, 0.5) is 17.2 Å². The molecule has 1 amide bonds. The van der Waals surface area contributed by atoms with Gasteiger partial charge in [-0.05, 0) is 42.7 Å².